The largest absolute Gasteiger partial charge is 0.279 e. The predicted octanol–water partition coefficient (Wildman–Crippen LogP) is 1.21. The van der Waals surface area contributed by atoms with Crippen molar-refractivity contribution in [1.29, 1.82) is 0 Å². The van der Waals surface area contributed by atoms with Crippen LogP contribution < -0.4 is 4.72 Å². The normalized spacial score (nSPS) is 18.5. The molecular formula is C10H22N2O2S. The highest BCUT2D eigenvalue weighted by atomic mass is 32.2. The van der Waals surface area contributed by atoms with E-state index in [1.165, 1.54) is 4.31 Å². The molecule has 0 aromatic rings. The van der Waals surface area contributed by atoms with Crippen molar-refractivity contribution in [3.8, 4) is 0 Å². The second kappa shape index (κ2) is 4.39. The van der Waals surface area contributed by atoms with E-state index in [2.05, 4.69) is 32.4 Å². The van der Waals surface area contributed by atoms with Crippen molar-refractivity contribution in [3.05, 3.63) is 0 Å². The van der Waals surface area contributed by atoms with Gasteiger partial charge >= 0.3 is 0 Å². The third-order valence-electron chi connectivity index (χ3n) is 2.44. The molecule has 0 unspecified atom stereocenters. The molecule has 0 spiro atoms. The summed E-state index contributed by atoms with van der Waals surface area (Å²) >= 11 is 0. The average molecular weight is 234 g/mol. The minimum absolute atomic E-state index is 0.0250. The predicted molar refractivity (Wildman–Crippen MR) is 61.7 cm³/mol. The lowest BCUT2D eigenvalue weighted by molar-refractivity contribution is 0.287. The molecule has 4 nitrogen and oxygen atoms in total. The van der Waals surface area contributed by atoms with E-state index in [1.54, 1.807) is 0 Å². The smallest absolute Gasteiger partial charge is 0.202 e. The van der Waals surface area contributed by atoms with Crippen LogP contribution in [0.2, 0.25) is 0 Å². The molecule has 0 aromatic heterocycles. The zero-order valence-corrected chi connectivity index (χ0v) is 10.9. The Balaban J connectivity index is 2.41. The molecule has 1 N–H and O–H groups in total. The second-order valence-electron chi connectivity index (χ2n) is 5.49. The SMILES string of the molecule is CC(C)CC(C)(C)CNS(=O)(=O)N1CC1. The summed E-state index contributed by atoms with van der Waals surface area (Å²) in [5.41, 5.74) is 0.0250. The highest BCUT2D eigenvalue weighted by molar-refractivity contribution is 7.87. The standard InChI is InChI=1S/C10H22N2O2S/c1-9(2)7-10(3,4)8-11-15(13,14)12-5-6-12/h9,11H,5-8H2,1-4H3. The highest BCUT2D eigenvalue weighted by Crippen LogP contribution is 2.24. The molecule has 0 bridgehead atoms. The molecule has 0 amide bonds. The Hall–Kier alpha value is -0.130. The summed E-state index contributed by atoms with van der Waals surface area (Å²) in [5.74, 6) is 0.589. The average Bonchev–Trinajstić information content (AvgIpc) is 2.80. The Morgan fingerprint density at radius 2 is 1.87 bits per heavy atom. The van der Waals surface area contributed by atoms with Crippen LogP contribution in [0.4, 0.5) is 0 Å². The maximum atomic E-state index is 11.5. The van der Waals surface area contributed by atoms with Gasteiger partial charge in [0.05, 0.1) is 0 Å². The number of hydrogen-bond acceptors (Lipinski definition) is 2. The molecule has 1 aliphatic rings. The first-order chi connectivity index (χ1) is 6.73. The van der Waals surface area contributed by atoms with Crippen LogP contribution in [0.5, 0.6) is 0 Å². The van der Waals surface area contributed by atoms with Crippen LogP contribution in [-0.4, -0.2) is 32.4 Å². The van der Waals surface area contributed by atoms with Crippen molar-refractivity contribution in [1.82, 2.24) is 9.03 Å². The lowest BCUT2D eigenvalue weighted by Gasteiger charge is -2.26. The zero-order chi connectivity index (χ0) is 11.7. The van der Waals surface area contributed by atoms with Crippen LogP contribution in [-0.2, 0) is 10.2 Å². The minimum Gasteiger partial charge on any atom is -0.202 e. The van der Waals surface area contributed by atoms with Gasteiger partial charge in [-0.25, -0.2) is 4.72 Å². The summed E-state index contributed by atoms with van der Waals surface area (Å²) < 4.78 is 27.2. The van der Waals surface area contributed by atoms with E-state index in [1.807, 2.05) is 0 Å². The van der Waals surface area contributed by atoms with Gasteiger partial charge < -0.3 is 0 Å². The lowest BCUT2D eigenvalue weighted by Crippen LogP contribution is -2.37. The van der Waals surface area contributed by atoms with E-state index in [9.17, 15) is 8.42 Å². The molecule has 0 saturated carbocycles. The van der Waals surface area contributed by atoms with Crippen LogP contribution in [0.15, 0.2) is 0 Å². The highest BCUT2D eigenvalue weighted by Gasteiger charge is 2.33. The van der Waals surface area contributed by atoms with Crippen molar-refractivity contribution in [2.45, 2.75) is 34.1 Å². The Bertz CT molecular complexity index is 305. The quantitative estimate of drug-likeness (QED) is 0.702. The zero-order valence-electron chi connectivity index (χ0n) is 10.1. The van der Waals surface area contributed by atoms with Gasteiger partial charge in [-0.2, -0.15) is 12.7 Å². The molecular weight excluding hydrogens is 212 g/mol. The molecule has 0 aliphatic carbocycles. The van der Waals surface area contributed by atoms with Crippen LogP contribution in [0.25, 0.3) is 0 Å². The fourth-order valence-electron chi connectivity index (χ4n) is 1.84. The lowest BCUT2D eigenvalue weighted by atomic mass is 9.84. The first kappa shape index (κ1) is 12.9. The van der Waals surface area contributed by atoms with Gasteiger partial charge in [0.25, 0.3) is 10.2 Å². The van der Waals surface area contributed by atoms with Crippen LogP contribution in [0, 0.1) is 11.3 Å². The Kier molecular flexibility index (Phi) is 3.79. The van der Waals surface area contributed by atoms with Gasteiger partial charge in [-0.1, -0.05) is 27.7 Å². The first-order valence-corrected chi connectivity index (χ1v) is 6.92. The Morgan fingerprint density at radius 3 is 2.27 bits per heavy atom. The molecule has 1 saturated heterocycles. The maximum absolute atomic E-state index is 11.5. The van der Waals surface area contributed by atoms with Gasteiger partial charge in [0.15, 0.2) is 0 Å². The van der Waals surface area contributed by atoms with Gasteiger partial charge in [-0.05, 0) is 17.8 Å². The number of nitrogens with zero attached hydrogens (tertiary/aromatic N) is 1. The van der Waals surface area contributed by atoms with Crippen molar-refractivity contribution in [2.24, 2.45) is 11.3 Å². The van der Waals surface area contributed by atoms with Crippen molar-refractivity contribution in [2.75, 3.05) is 19.6 Å². The summed E-state index contributed by atoms with van der Waals surface area (Å²) in [6.07, 6.45) is 1.02. The summed E-state index contributed by atoms with van der Waals surface area (Å²) in [6, 6.07) is 0. The molecule has 1 rings (SSSR count). The molecule has 90 valence electrons. The molecule has 0 radical (unpaired) electrons. The molecule has 0 atom stereocenters. The Labute approximate surface area is 93.2 Å². The number of rotatable bonds is 6. The van der Waals surface area contributed by atoms with E-state index < -0.39 is 10.2 Å². The third-order valence-corrected chi connectivity index (χ3v) is 3.99. The van der Waals surface area contributed by atoms with Crippen molar-refractivity contribution in [3.63, 3.8) is 0 Å². The molecule has 1 aliphatic heterocycles. The van der Waals surface area contributed by atoms with Crippen LogP contribution in [0.1, 0.15) is 34.1 Å². The molecule has 5 heteroatoms. The summed E-state index contributed by atoms with van der Waals surface area (Å²) in [4.78, 5) is 0. The summed E-state index contributed by atoms with van der Waals surface area (Å²) in [6.45, 7) is 10.3. The molecule has 1 heterocycles. The van der Waals surface area contributed by atoms with Crippen molar-refractivity contribution >= 4 is 10.2 Å². The van der Waals surface area contributed by atoms with Crippen molar-refractivity contribution < 1.29 is 8.42 Å². The topological polar surface area (TPSA) is 49.2 Å². The molecule has 1 fully saturated rings. The van der Waals surface area contributed by atoms with Gasteiger partial charge in [-0.3, -0.25) is 0 Å². The fourth-order valence-corrected chi connectivity index (χ4v) is 3.15. The van der Waals surface area contributed by atoms with E-state index in [4.69, 9.17) is 0 Å². The first-order valence-electron chi connectivity index (χ1n) is 5.48. The van der Waals surface area contributed by atoms with Crippen LogP contribution in [0.3, 0.4) is 0 Å². The fraction of sp³-hybridized carbons (Fsp3) is 1.00. The maximum Gasteiger partial charge on any atom is 0.279 e. The number of nitrogens with one attached hydrogen (secondary N) is 1. The monoisotopic (exact) mass is 234 g/mol. The minimum atomic E-state index is -3.17. The summed E-state index contributed by atoms with van der Waals surface area (Å²) in [5, 5.41) is 0. The third kappa shape index (κ3) is 4.49. The van der Waals surface area contributed by atoms with Gasteiger partial charge in [0.1, 0.15) is 0 Å². The van der Waals surface area contributed by atoms with E-state index >= 15 is 0 Å². The van der Waals surface area contributed by atoms with Gasteiger partial charge in [0.2, 0.25) is 0 Å². The summed E-state index contributed by atoms with van der Waals surface area (Å²) in [7, 11) is -3.17. The van der Waals surface area contributed by atoms with Gasteiger partial charge in [0, 0.05) is 19.6 Å². The second-order valence-corrected chi connectivity index (χ2v) is 7.24. The number of hydrogen-bond donors (Lipinski definition) is 1. The van der Waals surface area contributed by atoms with Gasteiger partial charge in [-0.15, -0.1) is 0 Å². The Morgan fingerprint density at radius 1 is 1.33 bits per heavy atom. The van der Waals surface area contributed by atoms with E-state index in [-0.39, 0.29) is 5.41 Å². The molecule has 15 heavy (non-hydrogen) atoms. The van der Waals surface area contributed by atoms with Crippen LogP contribution >= 0.6 is 0 Å². The molecule has 0 aromatic carbocycles. The van der Waals surface area contributed by atoms with E-state index in [0.29, 0.717) is 25.6 Å². The van der Waals surface area contributed by atoms with E-state index in [0.717, 1.165) is 6.42 Å².